The molecule has 0 saturated heterocycles. The van der Waals surface area contributed by atoms with E-state index in [1.807, 2.05) is 0 Å². The Bertz CT molecular complexity index is 2400. The molecule has 2 nitrogen and oxygen atoms in total. The Hall–Kier alpha value is -4.61. The van der Waals surface area contributed by atoms with Crippen molar-refractivity contribution in [1.29, 1.82) is 0 Å². The molecule has 45 heavy (non-hydrogen) atoms. The van der Waals surface area contributed by atoms with E-state index in [4.69, 9.17) is 11.6 Å². The molecule has 0 N–H and O–H groups in total. The van der Waals surface area contributed by atoms with Crippen LogP contribution in [-0.4, -0.2) is 4.57 Å². The molecule has 1 aliphatic rings. The molecule has 9 rings (SSSR count). The van der Waals surface area contributed by atoms with Gasteiger partial charge in [-0.05, 0) is 83.6 Å². The first-order valence-corrected chi connectivity index (χ1v) is 16.9. The predicted molar refractivity (Wildman–Crippen MR) is 193 cm³/mol. The van der Waals surface area contributed by atoms with Crippen molar-refractivity contribution in [2.75, 3.05) is 4.90 Å². The molecule has 0 saturated carbocycles. The van der Waals surface area contributed by atoms with Gasteiger partial charge in [-0.2, -0.15) is 0 Å². The standard InChI is InChI=1S/C40H25ClN2S2/c41-33-24-30(25-38-40(33)45-37-18-10-9-17-36(37)44-38)42(27-12-3-1-4-13-27)29-20-22-34-32(23-29)39-31-16-8-7-11-26(31)19-21-35(39)43(34)28-14-5-2-6-15-28/h1-25H. The summed E-state index contributed by atoms with van der Waals surface area (Å²) in [5.41, 5.74) is 6.72. The summed E-state index contributed by atoms with van der Waals surface area (Å²) >= 11 is 10.6. The number of benzene rings is 7. The maximum absolute atomic E-state index is 7.08. The molecular weight excluding hydrogens is 608 g/mol. The fourth-order valence-corrected chi connectivity index (χ4v) is 9.17. The SMILES string of the molecule is Clc1cc(N(c2ccccc2)c2ccc3c(c2)c2c4ccccc4ccc2n3-c2ccccc2)cc2c1Sc1ccccc1S2. The summed E-state index contributed by atoms with van der Waals surface area (Å²) in [6.45, 7) is 0. The van der Waals surface area contributed by atoms with Gasteiger partial charge in [0.15, 0.2) is 0 Å². The van der Waals surface area contributed by atoms with Crippen molar-refractivity contribution < 1.29 is 0 Å². The number of hydrogen-bond acceptors (Lipinski definition) is 3. The molecule has 0 fully saturated rings. The smallest absolute Gasteiger partial charge is 0.0577 e. The van der Waals surface area contributed by atoms with Gasteiger partial charge in [-0.25, -0.2) is 0 Å². The number of fused-ring (bicyclic) bond motifs is 7. The van der Waals surface area contributed by atoms with Crippen LogP contribution in [0.3, 0.4) is 0 Å². The van der Waals surface area contributed by atoms with Gasteiger partial charge in [0, 0.05) is 53.1 Å². The molecule has 0 spiro atoms. The van der Waals surface area contributed by atoms with Gasteiger partial charge < -0.3 is 9.47 Å². The van der Waals surface area contributed by atoms with Crippen molar-refractivity contribution in [2.24, 2.45) is 0 Å². The third-order valence-corrected chi connectivity index (χ3v) is 11.5. The molecular formula is C40H25ClN2S2. The molecule has 5 heteroatoms. The summed E-state index contributed by atoms with van der Waals surface area (Å²) in [7, 11) is 0. The molecule has 8 aromatic rings. The highest BCUT2D eigenvalue weighted by Crippen LogP contribution is 2.53. The average Bonchev–Trinajstić information content (AvgIpc) is 3.43. The lowest BCUT2D eigenvalue weighted by atomic mass is 10.0. The zero-order chi connectivity index (χ0) is 29.9. The highest BCUT2D eigenvalue weighted by Gasteiger charge is 2.24. The Kier molecular flexibility index (Phi) is 6.41. The van der Waals surface area contributed by atoms with Crippen molar-refractivity contribution in [1.82, 2.24) is 4.57 Å². The molecule has 0 aliphatic carbocycles. The van der Waals surface area contributed by atoms with E-state index in [1.54, 1.807) is 23.5 Å². The maximum Gasteiger partial charge on any atom is 0.0577 e. The number of aromatic nitrogens is 1. The Morgan fingerprint density at radius 2 is 1.18 bits per heavy atom. The first-order valence-electron chi connectivity index (χ1n) is 14.9. The van der Waals surface area contributed by atoms with Gasteiger partial charge in [-0.15, -0.1) is 0 Å². The van der Waals surface area contributed by atoms with E-state index < -0.39 is 0 Å². The number of anilines is 3. The van der Waals surface area contributed by atoms with Gasteiger partial charge in [0.25, 0.3) is 0 Å². The topological polar surface area (TPSA) is 8.17 Å². The number of nitrogens with zero attached hydrogens (tertiary/aromatic N) is 2. The first kappa shape index (κ1) is 26.8. The summed E-state index contributed by atoms with van der Waals surface area (Å²) in [4.78, 5) is 7.13. The van der Waals surface area contributed by atoms with Crippen molar-refractivity contribution >= 4 is 84.8 Å². The van der Waals surface area contributed by atoms with Crippen LogP contribution in [0.4, 0.5) is 17.1 Å². The monoisotopic (exact) mass is 632 g/mol. The van der Waals surface area contributed by atoms with Crippen molar-refractivity contribution in [3.8, 4) is 5.69 Å². The van der Waals surface area contributed by atoms with Crippen molar-refractivity contribution in [3.05, 3.63) is 157 Å². The fourth-order valence-electron chi connectivity index (χ4n) is 6.50. The van der Waals surface area contributed by atoms with Crippen LogP contribution in [0.15, 0.2) is 171 Å². The second-order valence-corrected chi connectivity index (χ2v) is 13.7. The fraction of sp³-hybridized carbons (Fsp3) is 0. The first-order chi connectivity index (χ1) is 22.2. The molecule has 214 valence electrons. The van der Waals surface area contributed by atoms with E-state index in [0.717, 1.165) is 32.7 Å². The molecule has 7 aromatic carbocycles. The Morgan fingerprint density at radius 1 is 0.489 bits per heavy atom. The van der Waals surface area contributed by atoms with Gasteiger partial charge in [0.05, 0.1) is 16.1 Å². The quantitative estimate of drug-likeness (QED) is 0.191. The van der Waals surface area contributed by atoms with Crippen molar-refractivity contribution in [2.45, 2.75) is 19.6 Å². The lowest BCUT2D eigenvalue weighted by Gasteiger charge is -2.28. The molecule has 1 aromatic heterocycles. The van der Waals surface area contributed by atoms with E-state index in [9.17, 15) is 0 Å². The second kappa shape index (κ2) is 10.8. The summed E-state index contributed by atoms with van der Waals surface area (Å²) in [6, 6.07) is 54.2. The Morgan fingerprint density at radius 3 is 2.00 bits per heavy atom. The average molecular weight is 633 g/mol. The minimum atomic E-state index is 0.767. The van der Waals surface area contributed by atoms with Gasteiger partial charge in [0.2, 0.25) is 0 Å². The molecule has 0 amide bonds. The molecule has 0 unspecified atom stereocenters. The molecule has 0 radical (unpaired) electrons. The van der Waals surface area contributed by atoms with Gasteiger partial charge in [-0.3, -0.25) is 0 Å². The summed E-state index contributed by atoms with van der Waals surface area (Å²) in [5, 5.41) is 5.73. The van der Waals surface area contributed by atoms with Crippen LogP contribution >= 0.6 is 35.1 Å². The van der Waals surface area contributed by atoms with Gasteiger partial charge in [-0.1, -0.05) is 114 Å². The maximum atomic E-state index is 7.08. The van der Waals surface area contributed by atoms with Crippen LogP contribution in [0.1, 0.15) is 0 Å². The number of rotatable bonds is 4. The van der Waals surface area contributed by atoms with Crippen LogP contribution < -0.4 is 4.90 Å². The third-order valence-electron chi connectivity index (χ3n) is 8.46. The van der Waals surface area contributed by atoms with E-state index in [0.29, 0.717) is 0 Å². The van der Waals surface area contributed by atoms with Gasteiger partial charge in [0.1, 0.15) is 0 Å². The van der Waals surface area contributed by atoms with Crippen LogP contribution in [0.2, 0.25) is 5.02 Å². The molecule has 1 aliphatic heterocycles. The summed E-state index contributed by atoms with van der Waals surface area (Å²) in [5.74, 6) is 0. The lowest BCUT2D eigenvalue weighted by Crippen LogP contribution is -2.10. The van der Waals surface area contributed by atoms with Crippen molar-refractivity contribution in [3.63, 3.8) is 0 Å². The summed E-state index contributed by atoms with van der Waals surface area (Å²) < 4.78 is 2.38. The zero-order valence-corrected chi connectivity index (χ0v) is 26.4. The molecule has 2 heterocycles. The summed E-state index contributed by atoms with van der Waals surface area (Å²) in [6.07, 6.45) is 0. The highest BCUT2D eigenvalue weighted by molar-refractivity contribution is 8.05. The number of halogens is 1. The molecule has 0 bridgehead atoms. The number of hydrogen-bond donors (Lipinski definition) is 0. The van der Waals surface area contributed by atoms with Crippen LogP contribution in [0.5, 0.6) is 0 Å². The van der Waals surface area contributed by atoms with E-state index >= 15 is 0 Å². The number of para-hydroxylation sites is 2. The van der Waals surface area contributed by atoms with Crippen LogP contribution in [0.25, 0.3) is 38.3 Å². The predicted octanol–water partition coefficient (Wildman–Crippen LogP) is 12.7. The minimum Gasteiger partial charge on any atom is -0.310 e. The minimum absolute atomic E-state index is 0.767. The molecule has 0 atom stereocenters. The van der Waals surface area contributed by atoms with E-state index in [1.165, 1.54) is 47.3 Å². The highest BCUT2D eigenvalue weighted by atomic mass is 35.5. The van der Waals surface area contributed by atoms with Gasteiger partial charge >= 0.3 is 0 Å². The van der Waals surface area contributed by atoms with E-state index in [2.05, 4.69) is 161 Å². The lowest BCUT2D eigenvalue weighted by molar-refractivity contribution is 1.14. The zero-order valence-electron chi connectivity index (χ0n) is 24.0. The Labute approximate surface area is 274 Å². The van der Waals surface area contributed by atoms with Crippen LogP contribution in [-0.2, 0) is 0 Å². The Balaban J connectivity index is 1.29. The van der Waals surface area contributed by atoms with Crippen LogP contribution in [0, 0.1) is 0 Å². The van der Waals surface area contributed by atoms with E-state index in [-0.39, 0.29) is 0 Å². The normalized spacial score (nSPS) is 12.4. The third kappa shape index (κ3) is 4.44. The second-order valence-electron chi connectivity index (χ2n) is 11.1. The largest absolute Gasteiger partial charge is 0.310 e.